The van der Waals surface area contributed by atoms with Crippen LogP contribution in [-0.4, -0.2) is 0 Å². The van der Waals surface area contributed by atoms with Gasteiger partial charge in [0.15, 0.2) is 0 Å². The van der Waals surface area contributed by atoms with Gasteiger partial charge < -0.3 is 4.90 Å². The molecule has 0 radical (unpaired) electrons. The second-order valence-electron chi connectivity index (χ2n) is 13.3. The molecule has 1 heterocycles. The molecule has 0 aliphatic heterocycles. The van der Waals surface area contributed by atoms with Crippen molar-refractivity contribution < 1.29 is 0 Å². The largest absolute Gasteiger partial charge is 0.310 e. The Labute approximate surface area is 307 Å². The Hall–Kier alpha value is -6.48. The van der Waals surface area contributed by atoms with Gasteiger partial charge in [-0.25, -0.2) is 0 Å². The number of para-hydroxylation sites is 1. The summed E-state index contributed by atoms with van der Waals surface area (Å²) in [5.74, 6) is 0. The molecule has 0 saturated carbocycles. The van der Waals surface area contributed by atoms with Crippen molar-refractivity contribution in [2.24, 2.45) is 0 Å². The van der Waals surface area contributed by atoms with Crippen molar-refractivity contribution in [1.29, 1.82) is 0 Å². The summed E-state index contributed by atoms with van der Waals surface area (Å²) in [5, 5.41) is 7.74. The molecule has 52 heavy (non-hydrogen) atoms. The fraction of sp³-hybridized carbons (Fsp3) is 0. The summed E-state index contributed by atoms with van der Waals surface area (Å²) in [6.45, 7) is 0. The van der Waals surface area contributed by atoms with Crippen LogP contribution in [0.5, 0.6) is 0 Å². The topological polar surface area (TPSA) is 3.24 Å². The van der Waals surface area contributed by atoms with E-state index in [2.05, 4.69) is 205 Å². The van der Waals surface area contributed by atoms with E-state index < -0.39 is 0 Å². The standard InChI is InChI=1S/C50H33NS/c1-2-13-34(14-3-1)41-17-8-10-22-47(41)51(38-29-25-35(26-30-38)42-21-12-24-49-50(42)45-20-9-11-23-48(45)52-49)39-31-27-36(28-32-39)46-33-37-15-4-5-16-40(37)43-18-6-7-19-44(43)46/h1-33H. The molecule has 0 atom stereocenters. The van der Waals surface area contributed by atoms with Gasteiger partial charge in [-0.2, -0.15) is 0 Å². The minimum Gasteiger partial charge on any atom is -0.310 e. The van der Waals surface area contributed by atoms with Crippen molar-refractivity contribution >= 4 is 70.1 Å². The third-order valence-corrected chi connectivity index (χ3v) is 11.4. The lowest BCUT2D eigenvalue weighted by Crippen LogP contribution is -2.11. The molecule has 0 N–H and O–H groups in total. The van der Waals surface area contributed by atoms with Crippen LogP contribution in [-0.2, 0) is 0 Å². The molecule has 0 fully saturated rings. The third-order valence-electron chi connectivity index (χ3n) is 10.3. The first-order valence-electron chi connectivity index (χ1n) is 17.8. The molecule has 0 saturated heterocycles. The zero-order valence-electron chi connectivity index (χ0n) is 28.4. The number of benzene rings is 9. The average molecular weight is 680 g/mol. The molecule has 10 rings (SSSR count). The van der Waals surface area contributed by atoms with Crippen molar-refractivity contribution in [1.82, 2.24) is 0 Å². The van der Waals surface area contributed by atoms with Gasteiger partial charge in [0.2, 0.25) is 0 Å². The van der Waals surface area contributed by atoms with Gasteiger partial charge in [0, 0.05) is 37.1 Å². The highest BCUT2D eigenvalue weighted by molar-refractivity contribution is 7.25. The summed E-state index contributed by atoms with van der Waals surface area (Å²) >= 11 is 1.86. The van der Waals surface area contributed by atoms with Gasteiger partial charge in [-0.3, -0.25) is 0 Å². The molecule has 1 aromatic heterocycles. The first-order chi connectivity index (χ1) is 25.8. The zero-order valence-corrected chi connectivity index (χ0v) is 29.2. The van der Waals surface area contributed by atoms with Gasteiger partial charge in [-0.15, -0.1) is 11.3 Å². The van der Waals surface area contributed by atoms with Crippen molar-refractivity contribution in [3.05, 3.63) is 200 Å². The van der Waals surface area contributed by atoms with Crippen molar-refractivity contribution in [3.8, 4) is 33.4 Å². The maximum Gasteiger partial charge on any atom is 0.0540 e. The first-order valence-corrected chi connectivity index (χ1v) is 18.6. The van der Waals surface area contributed by atoms with Crippen LogP contribution >= 0.6 is 11.3 Å². The van der Waals surface area contributed by atoms with Gasteiger partial charge in [-0.1, -0.05) is 152 Å². The van der Waals surface area contributed by atoms with Gasteiger partial charge in [0.25, 0.3) is 0 Å². The molecule has 244 valence electrons. The van der Waals surface area contributed by atoms with Crippen LogP contribution in [0.2, 0.25) is 0 Å². The molecule has 2 heteroatoms. The minimum absolute atomic E-state index is 1.11. The second kappa shape index (κ2) is 12.7. The van der Waals surface area contributed by atoms with E-state index in [0.717, 1.165) is 17.1 Å². The summed E-state index contributed by atoms with van der Waals surface area (Å²) in [6, 6.07) is 72.9. The summed E-state index contributed by atoms with van der Waals surface area (Å²) in [6.07, 6.45) is 0. The lowest BCUT2D eigenvalue weighted by atomic mass is 9.93. The van der Waals surface area contributed by atoms with E-state index >= 15 is 0 Å². The molecule has 0 aliphatic carbocycles. The Morgan fingerprint density at radius 2 is 0.865 bits per heavy atom. The maximum absolute atomic E-state index is 2.40. The molecule has 0 amide bonds. The number of anilines is 3. The quantitative estimate of drug-likeness (QED) is 0.158. The molecule has 0 bridgehead atoms. The number of rotatable bonds is 6. The fourth-order valence-corrected chi connectivity index (χ4v) is 8.98. The lowest BCUT2D eigenvalue weighted by molar-refractivity contribution is 1.28. The number of fused-ring (bicyclic) bond motifs is 6. The van der Waals surface area contributed by atoms with Crippen LogP contribution in [0.1, 0.15) is 0 Å². The smallest absolute Gasteiger partial charge is 0.0540 e. The van der Waals surface area contributed by atoms with E-state index in [0.29, 0.717) is 0 Å². The summed E-state index contributed by atoms with van der Waals surface area (Å²) in [7, 11) is 0. The zero-order chi connectivity index (χ0) is 34.4. The van der Waals surface area contributed by atoms with Gasteiger partial charge >= 0.3 is 0 Å². The summed E-state index contributed by atoms with van der Waals surface area (Å²) < 4.78 is 2.64. The molecule has 10 aromatic rings. The van der Waals surface area contributed by atoms with E-state index in [-0.39, 0.29) is 0 Å². The molecular formula is C50H33NS. The second-order valence-corrected chi connectivity index (χ2v) is 14.4. The van der Waals surface area contributed by atoms with Gasteiger partial charge in [-0.05, 0) is 97.9 Å². The maximum atomic E-state index is 2.40. The monoisotopic (exact) mass is 679 g/mol. The van der Waals surface area contributed by atoms with Crippen molar-refractivity contribution in [3.63, 3.8) is 0 Å². The van der Waals surface area contributed by atoms with E-state index in [9.17, 15) is 0 Å². The van der Waals surface area contributed by atoms with Gasteiger partial charge in [0.1, 0.15) is 0 Å². The van der Waals surface area contributed by atoms with Crippen molar-refractivity contribution in [2.75, 3.05) is 4.90 Å². The number of hydrogen-bond donors (Lipinski definition) is 0. The highest BCUT2D eigenvalue weighted by Crippen LogP contribution is 2.44. The minimum atomic E-state index is 1.11. The summed E-state index contributed by atoms with van der Waals surface area (Å²) in [5.41, 5.74) is 10.7. The molecule has 0 unspecified atom stereocenters. The van der Waals surface area contributed by atoms with Crippen LogP contribution in [0.15, 0.2) is 200 Å². The highest BCUT2D eigenvalue weighted by Gasteiger charge is 2.19. The molecule has 1 nitrogen and oxygen atoms in total. The molecular weight excluding hydrogens is 647 g/mol. The average Bonchev–Trinajstić information content (AvgIpc) is 3.61. The van der Waals surface area contributed by atoms with E-state index in [4.69, 9.17) is 0 Å². The van der Waals surface area contributed by atoms with Crippen molar-refractivity contribution in [2.45, 2.75) is 0 Å². The molecule has 9 aromatic carbocycles. The predicted molar refractivity (Wildman–Crippen MR) is 225 cm³/mol. The van der Waals surface area contributed by atoms with Crippen LogP contribution in [0, 0.1) is 0 Å². The SMILES string of the molecule is c1ccc(-c2ccccc2N(c2ccc(-c3cc4ccccc4c4ccccc34)cc2)c2ccc(-c3cccc4sc5ccccc5c34)cc2)cc1. The van der Waals surface area contributed by atoms with Crippen LogP contribution in [0.25, 0.3) is 75.1 Å². The third kappa shape index (κ3) is 5.16. The van der Waals surface area contributed by atoms with Crippen LogP contribution in [0.3, 0.4) is 0 Å². The number of nitrogens with zero attached hydrogens (tertiary/aromatic N) is 1. The predicted octanol–water partition coefficient (Wildman–Crippen LogP) is 14.8. The molecule has 0 spiro atoms. The molecule has 0 aliphatic rings. The number of thiophene rings is 1. The van der Waals surface area contributed by atoms with Crippen LogP contribution < -0.4 is 4.90 Å². The Morgan fingerprint density at radius 1 is 0.327 bits per heavy atom. The lowest BCUT2D eigenvalue weighted by Gasteiger charge is -2.28. The Morgan fingerprint density at radius 3 is 1.63 bits per heavy atom. The highest BCUT2D eigenvalue weighted by atomic mass is 32.1. The Balaban J connectivity index is 1.11. The van der Waals surface area contributed by atoms with E-state index in [1.807, 2.05) is 11.3 Å². The summed E-state index contributed by atoms with van der Waals surface area (Å²) in [4.78, 5) is 2.40. The van der Waals surface area contributed by atoms with Gasteiger partial charge in [0.05, 0.1) is 5.69 Å². The Kier molecular flexibility index (Phi) is 7.41. The van der Waals surface area contributed by atoms with Crippen LogP contribution in [0.4, 0.5) is 17.1 Å². The van der Waals surface area contributed by atoms with E-state index in [1.165, 1.54) is 75.1 Å². The normalized spacial score (nSPS) is 11.5. The fourth-order valence-electron chi connectivity index (χ4n) is 7.85. The van der Waals surface area contributed by atoms with E-state index in [1.54, 1.807) is 0 Å². The first kappa shape index (κ1) is 30.4. The Bertz CT molecular complexity index is 2890. The number of hydrogen-bond acceptors (Lipinski definition) is 2.